The van der Waals surface area contributed by atoms with Crippen LogP contribution in [0.5, 0.6) is 5.75 Å². The van der Waals surface area contributed by atoms with Crippen molar-refractivity contribution < 1.29 is 32.2 Å². The zero-order valence-electron chi connectivity index (χ0n) is 19.2. The number of nitrogens with one attached hydrogen (secondary N) is 1. The van der Waals surface area contributed by atoms with Crippen LogP contribution in [0.3, 0.4) is 0 Å². The quantitative estimate of drug-likeness (QED) is 0.348. The number of methoxy groups -OCH3 is 1. The summed E-state index contributed by atoms with van der Waals surface area (Å²) in [7, 11) is 1.50. The maximum Gasteiger partial charge on any atom is 0.358 e. The summed E-state index contributed by atoms with van der Waals surface area (Å²) >= 11 is 0. The Labute approximate surface area is 204 Å². The van der Waals surface area contributed by atoms with Gasteiger partial charge < -0.3 is 14.8 Å². The predicted octanol–water partition coefficient (Wildman–Crippen LogP) is 5.39. The Balaban J connectivity index is 1.76. The fourth-order valence-electron chi connectivity index (χ4n) is 3.59. The van der Waals surface area contributed by atoms with Crippen molar-refractivity contribution in [2.24, 2.45) is 0 Å². The van der Waals surface area contributed by atoms with E-state index in [1.807, 2.05) is 0 Å². The first-order valence-corrected chi connectivity index (χ1v) is 10.8. The van der Waals surface area contributed by atoms with Crippen molar-refractivity contribution in [3.8, 4) is 22.7 Å². The average Bonchev–Trinajstić information content (AvgIpc) is 3.29. The molecule has 3 aromatic carbocycles. The number of hydrogen-bond acceptors (Lipinski definition) is 5. The smallest absolute Gasteiger partial charge is 0.358 e. The topological polar surface area (TPSA) is 82.5 Å². The summed E-state index contributed by atoms with van der Waals surface area (Å²) in [5, 5.41) is 6.81. The molecule has 7 nitrogen and oxygen atoms in total. The van der Waals surface area contributed by atoms with Crippen LogP contribution in [0.2, 0.25) is 0 Å². The number of ether oxygens (including phenoxy) is 2. The fourth-order valence-corrected chi connectivity index (χ4v) is 3.59. The molecule has 1 N–H and O–H groups in total. The number of rotatable bonds is 7. The monoisotopic (exact) mass is 495 g/mol. The number of hydrogen-bond donors (Lipinski definition) is 1. The summed E-state index contributed by atoms with van der Waals surface area (Å²) in [5.74, 6) is -5.01. The molecule has 0 spiro atoms. The molecule has 1 amide bonds. The summed E-state index contributed by atoms with van der Waals surface area (Å²) in [6.07, 6.45) is 0. The second-order valence-corrected chi connectivity index (χ2v) is 7.50. The van der Waals surface area contributed by atoms with Gasteiger partial charge in [0.1, 0.15) is 34.5 Å². The standard InChI is InChI=1S/C26H20F3N3O4/c1-3-36-26(34)20-14-22(32(31-20)21-9-4-5-10-23(21)35-2)15-7-6-8-17(11-15)30-25(33)24-18(28)12-16(27)13-19(24)29/h4-14H,3H2,1-2H3,(H,30,33). The van der Waals surface area contributed by atoms with E-state index in [2.05, 4.69) is 10.4 Å². The van der Waals surface area contributed by atoms with E-state index < -0.39 is 34.9 Å². The van der Waals surface area contributed by atoms with Gasteiger partial charge in [-0.3, -0.25) is 4.79 Å². The normalized spacial score (nSPS) is 10.7. The van der Waals surface area contributed by atoms with Gasteiger partial charge in [-0.1, -0.05) is 24.3 Å². The van der Waals surface area contributed by atoms with Gasteiger partial charge >= 0.3 is 5.97 Å². The Morgan fingerprint density at radius 2 is 1.69 bits per heavy atom. The van der Waals surface area contributed by atoms with Gasteiger partial charge in [0.15, 0.2) is 5.69 Å². The molecule has 184 valence electrons. The molecule has 10 heteroatoms. The molecule has 0 bridgehead atoms. The third kappa shape index (κ3) is 4.92. The Morgan fingerprint density at radius 1 is 0.972 bits per heavy atom. The van der Waals surface area contributed by atoms with Gasteiger partial charge in [-0.05, 0) is 37.3 Å². The highest BCUT2D eigenvalue weighted by Gasteiger charge is 2.22. The molecule has 4 aromatic rings. The van der Waals surface area contributed by atoms with Crippen LogP contribution in [0.4, 0.5) is 18.9 Å². The Morgan fingerprint density at radius 3 is 2.39 bits per heavy atom. The molecule has 0 atom stereocenters. The van der Waals surface area contributed by atoms with E-state index in [0.29, 0.717) is 34.8 Å². The molecule has 0 aliphatic heterocycles. The van der Waals surface area contributed by atoms with Crippen LogP contribution in [0.1, 0.15) is 27.8 Å². The lowest BCUT2D eigenvalue weighted by atomic mass is 10.1. The van der Waals surface area contributed by atoms with Crippen LogP contribution in [0.15, 0.2) is 66.7 Å². The maximum absolute atomic E-state index is 14.1. The van der Waals surface area contributed by atoms with E-state index in [9.17, 15) is 22.8 Å². The third-order valence-electron chi connectivity index (χ3n) is 5.16. The zero-order valence-corrected chi connectivity index (χ0v) is 19.2. The van der Waals surface area contributed by atoms with Crippen LogP contribution in [0.25, 0.3) is 16.9 Å². The first kappa shape index (κ1) is 24.5. The minimum Gasteiger partial charge on any atom is -0.494 e. The Kier molecular flexibility index (Phi) is 7.05. The number of carbonyl (C=O) groups is 2. The molecule has 4 rings (SSSR count). The number of benzene rings is 3. The molecule has 0 fully saturated rings. The molecule has 0 saturated heterocycles. The van der Waals surface area contributed by atoms with E-state index in [0.717, 1.165) is 0 Å². The number of carbonyl (C=O) groups excluding carboxylic acids is 2. The summed E-state index contributed by atoms with van der Waals surface area (Å²) in [6.45, 7) is 1.84. The van der Waals surface area contributed by atoms with Crippen LogP contribution >= 0.6 is 0 Å². The molecule has 0 unspecified atom stereocenters. The lowest BCUT2D eigenvalue weighted by molar-refractivity contribution is 0.0518. The van der Waals surface area contributed by atoms with Crippen molar-refractivity contribution in [1.82, 2.24) is 9.78 Å². The highest BCUT2D eigenvalue weighted by molar-refractivity contribution is 6.05. The van der Waals surface area contributed by atoms with Crippen molar-refractivity contribution in [2.75, 3.05) is 19.0 Å². The average molecular weight is 495 g/mol. The molecule has 36 heavy (non-hydrogen) atoms. The van der Waals surface area contributed by atoms with Gasteiger partial charge in [0, 0.05) is 23.4 Å². The van der Waals surface area contributed by atoms with Crippen LogP contribution in [-0.4, -0.2) is 35.4 Å². The van der Waals surface area contributed by atoms with Crippen molar-refractivity contribution in [1.29, 1.82) is 0 Å². The first-order chi connectivity index (χ1) is 17.3. The highest BCUT2D eigenvalue weighted by Crippen LogP contribution is 2.31. The number of nitrogens with zero attached hydrogens (tertiary/aromatic N) is 2. The number of amides is 1. The molecule has 0 saturated carbocycles. The molecular weight excluding hydrogens is 475 g/mol. The van der Waals surface area contributed by atoms with Crippen molar-refractivity contribution in [3.63, 3.8) is 0 Å². The minimum absolute atomic E-state index is 0.0441. The van der Waals surface area contributed by atoms with Gasteiger partial charge in [0.05, 0.1) is 19.4 Å². The van der Waals surface area contributed by atoms with E-state index in [-0.39, 0.29) is 18.0 Å². The van der Waals surface area contributed by atoms with Crippen molar-refractivity contribution >= 4 is 17.6 Å². The summed E-state index contributed by atoms with van der Waals surface area (Å²) in [6, 6.07) is 15.8. The third-order valence-corrected chi connectivity index (χ3v) is 5.16. The van der Waals surface area contributed by atoms with E-state index in [4.69, 9.17) is 9.47 Å². The zero-order chi connectivity index (χ0) is 25.8. The van der Waals surface area contributed by atoms with E-state index >= 15 is 0 Å². The van der Waals surface area contributed by atoms with E-state index in [1.54, 1.807) is 43.3 Å². The lowest BCUT2D eigenvalue weighted by Gasteiger charge is -2.13. The molecule has 0 aliphatic carbocycles. The number of anilines is 1. The van der Waals surface area contributed by atoms with Crippen molar-refractivity contribution in [3.05, 3.63) is 95.4 Å². The van der Waals surface area contributed by atoms with E-state index in [1.165, 1.54) is 30.0 Å². The number of halogens is 3. The molecular formula is C26H20F3N3O4. The Bertz CT molecular complexity index is 1430. The van der Waals surface area contributed by atoms with Gasteiger partial charge in [-0.15, -0.1) is 0 Å². The van der Waals surface area contributed by atoms with Crippen LogP contribution in [-0.2, 0) is 4.74 Å². The first-order valence-electron chi connectivity index (χ1n) is 10.8. The largest absolute Gasteiger partial charge is 0.494 e. The lowest BCUT2D eigenvalue weighted by Crippen LogP contribution is -2.16. The van der Waals surface area contributed by atoms with Gasteiger partial charge in [0.2, 0.25) is 0 Å². The number of esters is 1. The SMILES string of the molecule is CCOC(=O)c1cc(-c2cccc(NC(=O)c3c(F)cc(F)cc3F)c2)n(-c2ccccc2OC)n1. The number of para-hydroxylation sites is 2. The molecule has 1 heterocycles. The van der Waals surface area contributed by atoms with Gasteiger partial charge in [-0.2, -0.15) is 5.10 Å². The van der Waals surface area contributed by atoms with Crippen LogP contribution < -0.4 is 10.1 Å². The summed E-state index contributed by atoms with van der Waals surface area (Å²) in [4.78, 5) is 24.9. The summed E-state index contributed by atoms with van der Waals surface area (Å²) < 4.78 is 53.3. The van der Waals surface area contributed by atoms with Crippen molar-refractivity contribution in [2.45, 2.75) is 6.92 Å². The molecule has 0 aliphatic rings. The maximum atomic E-state index is 14.1. The number of aromatic nitrogens is 2. The predicted molar refractivity (Wildman–Crippen MR) is 126 cm³/mol. The minimum atomic E-state index is -1.32. The Hall–Kier alpha value is -4.60. The van der Waals surface area contributed by atoms with Crippen LogP contribution in [0, 0.1) is 17.5 Å². The molecule has 0 radical (unpaired) electrons. The fraction of sp³-hybridized carbons (Fsp3) is 0.115. The summed E-state index contributed by atoms with van der Waals surface area (Å²) in [5.41, 5.74) is 0.842. The highest BCUT2D eigenvalue weighted by atomic mass is 19.1. The molecule has 1 aromatic heterocycles. The second kappa shape index (κ2) is 10.3. The second-order valence-electron chi connectivity index (χ2n) is 7.50. The van der Waals surface area contributed by atoms with Gasteiger partial charge in [-0.25, -0.2) is 22.6 Å². The van der Waals surface area contributed by atoms with Gasteiger partial charge in [0.25, 0.3) is 5.91 Å².